The van der Waals surface area contributed by atoms with Crippen LogP contribution in [-0.2, 0) is 4.74 Å². The van der Waals surface area contributed by atoms with E-state index < -0.39 is 6.09 Å². The molecule has 4 heteroatoms. The fourth-order valence-corrected chi connectivity index (χ4v) is 1.02. The summed E-state index contributed by atoms with van der Waals surface area (Å²) < 4.78 is 4.79. The number of nitrogens with two attached hydrogens (primary N) is 2. The first-order chi connectivity index (χ1) is 5.35. The lowest BCUT2D eigenvalue weighted by atomic mass is 9.89. The van der Waals surface area contributed by atoms with Gasteiger partial charge in [-0.15, -0.1) is 0 Å². The van der Waals surface area contributed by atoms with Crippen LogP contribution < -0.4 is 11.5 Å². The summed E-state index contributed by atoms with van der Waals surface area (Å²) >= 11 is 0. The monoisotopic (exact) mass is 174 g/mol. The fraction of sp³-hybridized carbons (Fsp3) is 0.875. The smallest absolute Gasteiger partial charge is 0.404 e. The van der Waals surface area contributed by atoms with Gasteiger partial charge in [0.2, 0.25) is 0 Å². The van der Waals surface area contributed by atoms with Gasteiger partial charge in [0, 0.05) is 6.54 Å². The Labute approximate surface area is 73.2 Å². The number of amides is 1. The van der Waals surface area contributed by atoms with Crippen LogP contribution in [0.15, 0.2) is 0 Å². The maximum Gasteiger partial charge on any atom is 0.404 e. The second kappa shape index (κ2) is 4.30. The number of hydrogen-bond acceptors (Lipinski definition) is 3. The molecule has 0 spiro atoms. The highest BCUT2D eigenvalue weighted by Crippen LogP contribution is 2.21. The Hall–Kier alpha value is -0.770. The molecule has 0 bridgehead atoms. The van der Waals surface area contributed by atoms with Gasteiger partial charge in [-0.2, -0.15) is 0 Å². The Bertz CT molecular complexity index is 152. The maximum absolute atomic E-state index is 10.4. The average molecular weight is 174 g/mol. The molecule has 4 nitrogen and oxygen atoms in total. The van der Waals surface area contributed by atoms with Crippen LogP contribution in [0.5, 0.6) is 0 Å². The van der Waals surface area contributed by atoms with E-state index in [0.717, 1.165) is 6.42 Å². The lowest BCUT2D eigenvalue weighted by molar-refractivity contribution is 0.0840. The van der Waals surface area contributed by atoms with E-state index in [-0.39, 0.29) is 11.5 Å². The van der Waals surface area contributed by atoms with Gasteiger partial charge in [0.05, 0.1) is 0 Å². The van der Waals surface area contributed by atoms with Crippen molar-refractivity contribution in [3.8, 4) is 0 Å². The first-order valence-electron chi connectivity index (χ1n) is 4.01. The van der Waals surface area contributed by atoms with E-state index in [1.54, 1.807) is 0 Å². The molecule has 0 heterocycles. The van der Waals surface area contributed by atoms with Crippen molar-refractivity contribution in [3.63, 3.8) is 0 Å². The third kappa shape index (κ3) is 5.97. The highest BCUT2D eigenvalue weighted by Gasteiger charge is 2.19. The predicted molar refractivity (Wildman–Crippen MR) is 47.6 cm³/mol. The van der Waals surface area contributed by atoms with Crippen LogP contribution in [-0.4, -0.2) is 18.7 Å². The molecule has 0 rings (SSSR count). The molecule has 1 unspecified atom stereocenters. The van der Waals surface area contributed by atoms with Crippen LogP contribution >= 0.6 is 0 Å². The molecule has 72 valence electrons. The molecule has 0 aromatic heterocycles. The third-order valence-corrected chi connectivity index (χ3v) is 1.39. The Morgan fingerprint density at radius 3 is 2.25 bits per heavy atom. The Balaban J connectivity index is 3.92. The summed E-state index contributed by atoms with van der Waals surface area (Å²) in [6, 6.07) is 0. The molecule has 0 radical (unpaired) electrons. The molecule has 0 fully saturated rings. The summed E-state index contributed by atoms with van der Waals surface area (Å²) in [7, 11) is 0. The van der Waals surface area contributed by atoms with Gasteiger partial charge in [-0.3, -0.25) is 0 Å². The minimum Gasteiger partial charge on any atom is -0.445 e. The van der Waals surface area contributed by atoms with E-state index in [4.69, 9.17) is 16.2 Å². The van der Waals surface area contributed by atoms with Crippen molar-refractivity contribution in [1.29, 1.82) is 0 Å². The molecule has 0 aliphatic heterocycles. The molecule has 0 aliphatic carbocycles. The molecule has 0 aromatic carbocycles. The highest BCUT2D eigenvalue weighted by molar-refractivity contribution is 5.64. The largest absolute Gasteiger partial charge is 0.445 e. The maximum atomic E-state index is 10.4. The topological polar surface area (TPSA) is 78.3 Å². The number of primary amides is 1. The van der Waals surface area contributed by atoms with E-state index in [0.29, 0.717) is 6.54 Å². The second-order valence-corrected chi connectivity index (χ2v) is 4.06. The van der Waals surface area contributed by atoms with Crippen LogP contribution in [0.3, 0.4) is 0 Å². The second-order valence-electron chi connectivity index (χ2n) is 4.06. The van der Waals surface area contributed by atoms with Crippen molar-refractivity contribution in [2.45, 2.75) is 33.3 Å². The molecule has 1 atom stereocenters. The summed E-state index contributed by atoms with van der Waals surface area (Å²) in [5.41, 5.74) is 10.4. The average Bonchev–Trinajstić information content (AvgIpc) is 1.82. The Morgan fingerprint density at radius 2 is 2.00 bits per heavy atom. The lowest BCUT2D eigenvalue weighted by Gasteiger charge is -2.24. The number of carbonyl (C=O) groups is 1. The van der Waals surface area contributed by atoms with Gasteiger partial charge in [-0.1, -0.05) is 20.8 Å². The zero-order valence-corrected chi connectivity index (χ0v) is 7.96. The Kier molecular flexibility index (Phi) is 4.03. The molecule has 0 aromatic rings. The lowest BCUT2D eigenvalue weighted by Crippen LogP contribution is -2.32. The number of rotatable bonds is 3. The van der Waals surface area contributed by atoms with Crippen LogP contribution in [0.4, 0.5) is 4.79 Å². The summed E-state index contributed by atoms with van der Waals surface area (Å²) in [6.07, 6.45) is -0.288. The number of carbonyl (C=O) groups excluding carboxylic acids is 1. The van der Waals surface area contributed by atoms with E-state index in [9.17, 15) is 4.79 Å². The first-order valence-corrected chi connectivity index (χ1v) is 4.01. The minimum absolute atomic E-state index is 0.0967. The zero-order valence-electron chi connectivity index (χ0n) is 7.96. The number of ether oxygens (including phenoxy) is 1. The normalized spacial score (nSPS) is 14.0. The van der Waals surface area contributed by atoms with Crippen molar-refractivity contribution in [2.24, 2.45) is 16.9 Å². The van der Waals surface area contributed by atoms with Gasteiger partial charge in [0.1, 0.15) is 6.10 Å². The summed E-state index contributed by atoms with van der Waals surface area (Å²) in [6.45, 7) is 6.49. The molecule has 1 amide bonds. The first kappa shape index (κ1) is 11.2. The standard InChI is InChI=1S/C8H18N2O2/c1-8(2,3)4-6(5-9)12-7(10)11/h6H,4-5,9H2,1-3H3,(H2,10,11). The molecule has 0 aliphatic rings. The van der Waals surface area contributed by atoms with E-state index in [1.165, 1.54) is 0 Å². The van der Waals surface area contributed by atoms with Gasteiger partial charge in [-0.25, -0.2) is 4.79 Å². The van der Waals surface area contributed by atoms with Crippen molar-refractivity contribution < 1.29 is 9.53 Å². The van der Waals surface area contributed by atoms with Gasteiger partial charge in [0.15, 0.2) is 0 Å². The van der Waals surface area contributed by atoms with Crippen LogP contribution in [0.1, 0.15) is 27.2 Å². The van der Waals surface area contributed by atoms with E-state index >= 15 is 0 Å². The SMILES string of the molecule is CC(C)(C)CC(CN)OC(N)=O. The summed E-state index contributed by atoms with van der Waals surface area (Å²) in [5.74, 6) is 0. The van der Waals surface area contributed by atoms with E-state index in [2.05, 4.69) is 20.8 Å². The van der Waals surface area contributed by atoms with Gasteiger partial charge < -0.3 is 16.2 Å². The van der Waals surface area contributed by atoms with Gasteiger partial charge in [0.25, 0.3) is 0 Å². The molecule has 0 saturated heterocycles. The molecule has 4 N–H and O–H groups in total. The molecule has 0 saturated carbocycles. The highest BCUT2D eigenvalue weighted by atomic mass is 16.6. The predicted octanol–water partition coefficient (Wildman–Crippen LogP) is 0.845. The summed E-state index contributed by atoms with van der Waals surface area (Å²) in [4.78, 5) is 10.4. The minimum atomic E-state index is -0.755. The quantitative estimate of drug-likeness (QED) is 0.665. The van der Waals surface area contributed by atoms with Crippen LogP contribution in [0.2, 0.25) is 0 Å². The fourth-order valence-electron chi connectivity index (χ4n) is 1.02. The van der Waals surface area contributed by atoms with Gasteiger partial charge >= 0.3 is 6.09 Å². The van der Waals surface area contributed by atoms with Crippen molar-refractivity contribution in [3.05, 3.63) is 0 Å². The zero-order chi connectivity index (χ0) is 9.78. The van der Waals surface area contributed by atoms with Gasteiger partial charge in [-0.05, 0) is 11.8 Å². The Morgan fingerprint density at radius 1 is 1.50 bits per heavy atom. The molecular weight excluding hydrogens is 156 g/mol. The third-order valence-electron chi connectivity index (χ3n) is 1.39. The van der Waals surface area contributed by atoms with Crippen LogP contribution in [0.25, 0.3) is 0 Å². The summed E-state index contributed by atoms with van der Waals surface area (Å²) in [5, 5.41) is 0. The van der Waals surface area contributed by atoms with Crippen molar-refractivity contribution >= 4 is 6.09 Å². The molecule has 12 heavy (non-hydrogen) atoms. The molecular formula is C8H18N2O2. The van der Waals surface area contributed by atoms with Crippen molar-refractivity contribution in [1.82, 2.24) is 0 Å². The number of hydrogen-bond donors (Lipinski definition) is 2. The van der Waals surface area contributed by atoms with E-state index in [1.807, 2.05) is 0 Å². The van der Waals surface area contributed by atoms with Crippen molar-refractivity contribution in [2.75, 3.05) is 6.54 Å². The van der Waals surface area contributed by atoms with Crippen LogP contribution in [0, 0.1) is 5.41 Å².